The van der Waals surface area contributed by atoms with Crippen LogP contribution >= 0.6 is 0 Å². The molecule has 196 valence electrons. The highest BCUT2D eigenvalue weighted by Gasteiger charge is 2.37. The average molecular weight is 583 g/mol. The van der Waals surface area contributed by atoms with Gasteiger partial charge in [0.05, 0.1) is 15.4 Å². The van der Waals surface area contributed by atoms with E-state index in [1.54, 1.807) is 9.44 Å². The highest BCUT2D eigenvalue weighted by atomic mass is 32.2. The molecule has 0 bridgehead atoms. The zero-order valence-corrected chi connectivity index (χ0v) is 21.5. The summed E-state index contributed by atoms with van der Waals surface area (Å²) in [7, 11) is -19.1. The van der Waals surface area contributed by atoms with Crippen LogP contribution in [0.15, 0.2) is 46.2 Å². The summed E-state index contributed by atoms with van der Waals surface area (Å²) in [5, 5.41) is -3.96. The summed E-state index contributed by atoms with van der Waals surface area (Å²) >= 11 is 0. The lowest BCUT2D eigenvalue weighted by Gasteiger charge is -2.21. The number of rotatable bonds is 8. The van der Waals surface area contributed by atoms with Crippen LogP contribution in [0.3, 0.4) is 0 Å². The molecule has 36 heavy (non-hydrogen) atoms. The van der Waals surface area contributed by atoms with Crippen molar-refractivity contribution in [3.63, 3.8) is 0 Å². The van der Waals surface area contributed by atoms with E-state index in [2.05, 4.69) is 0 Å². The molecule has 2 aromatic rings. The molecule has 0 radical (unpaired) electrons. The molecule has 0 saturated heterocycles. The maximum Gasteiger partial charge on any atom is 0.281 e. The number of sulfonamides is 2. The highest BCUT2D eigenvalue weighted by molar-refractivity contribution is 7.92. The number of ketones is 2. The van der Waals surface area contributed by atoms with Crippen molar-refractivity contribution in [1.82, 2.24) is 9.44 Å². The Morgan fingerprint density at radius 2 is 1.19 bits per heavy atom. The van der Waals surface area contributed by atoms with Crippen LogP contribution in [0.2, 0.25) is 0 Å². The summed E-state index contributed by atoms with van der Waals surface area (Å²) in [4.78, 5) is 24.8. The second-order valence-corrected chi connectivity index (χ2v) is 14.5. The van der Waals surface area contributed by atoms with Crippen molar-refractivity contribution in [3.8, 4) is 0 Å². The molecule has 1 aliphatic rings. The van der Waals surface area contributed by atoms with Crippen LogP contribution in [0, 0.1) is 0 Å². The minimum atomic E-state index is -4.86. The number of fused-ring (bicyclic) bond motifs is 2. The van der Waals surface area contributed by atoms with Crippen LogP contribution in [0.5, 0.6) is 0 Å². The van der Waals surface area contributed by atoms with E-state index in [4.69, 9.17) is 9.11 Å². The third-order valence-corrected chi connectivity index (χ3v) is 10.6. The quantitative estimate of drug-likeness (QED) is 0.246. The summed E-state index contributed by atoms with van der Waals surface area (Å²) < 4.78 is 117. The van der Waals surface area contributed by atoms with Crippen molar-refractivity contribution in [1.29, 1.82) is 0 Å². The summed E-state index contributed by atoms with van der Waals surface area (Å²) in [5.41, 5.74) is -1.83. The van der Waals surface area contributed by atoms with E-state index in [0.717, 1.165) is 50.2 Å². The van der Waals surface area contributed by atoms with Gasteiger partial charge in [0.2, 0.25) is 20.0 Å². The lowest BCUT2D eigenvalue weighted by molar-refractivity contribution is 0.0976. The van der Waals surface area contributed by atoms with Crippen molar-refractivity contribution in [2.45, 2.75) is 34.4 Å². The lowest BCUT2D eigenvalue weighted by Crippen LogP contribution is -2.39. The molecular formula is C18H18N2O12S4. The standard InChI is InChI=1S/C18H18N2O12S4/c1-9(35(27,28)29)19-33(23,24)11-6-7-12-14(8-11)18(22)16-13(17(12)21)4-3-5-15(16)34(25,26)20-10(2)36(30,31)32/h3-10,19-20H,1-2H3,(H,27,28,29)(H,30,31,32). The Hall–Kier alpha value is -2.58. The largest absolute Gasteiger partial charge is 0.289 e. The Balaban J connectivity index is 2.15. The Bertz CT molecular complexity index is 1730. The molecule has 18 heteroatoms. The van der Waals surface area contributed by atoms with Crippen LogP contribution in [0.25, 0.3) is 0 Å². The van der Waals surface area contributed by atoms with Crippen LogP contribution in [-0.2, 0) is 40.3 Å². The van der Waals surface area contributed by atoms with Gasteiger partial charge in [-0.3, -0.25) is 18.7 Å². The van der Waals surface area contributed by atoms with E-state index in [1.165, 1.54) is 0 Å². The highest BCUT2D eigenvalue weighted by Crippen LogP contribution is 2.33. The molecular weight excluding hydrogens is 564 g/mol. The monoisotopic (exact) mass is 582 g/mol. The van der Waals surface area contributed by atoms with Gasteiger partial charge in [-0.2, -0.15) is 26.3 Å². The fraction of sp³-hybridized carbons (Fsp3) is 0.222. The van der Waals surface area contributed by atoms with E-state index < -0.39 is 83.5 Å². The minimum Gasteiger partial charge on any atom is -0.289 e. The molecule has 14 nitrogen and oxygen atoms in total. The Morgan fingerprint density at radius 1 is 0.667 bits per heavy atom. The van der Waals surface area contributed by atoms with Gasteiger partial charge in [-0.1, -0.05) is 12.1 Å². The van der Waals surface area contributed by atoms with E-state index >= 15 is 0 Å². The maximum atomic E-state index is 13.3. The van der Waals surface area contributed by atoms with Crippen molar-refractivity contribution in [2.75, 3.05) is 0 Å². The molecule has 4 N–H and O–H groups in total. The number of benzene rings is 2. The van der Waals surface area contributed by atoms with Crippen LogP contribution in [0.1, 0.15) is 45.7 Å². The second kappa shape index (κ2) is 9.06. The first-order valence-electron chi connectivity index (χ1n) is 9.61. The van der Waals surface area contributed by atoms with Crippen molar-refractivity contribution in [2.24, 2.45) is 0 Å². The first kappa shape index (κ1) is 28.0. The average Bonchev–Trinajstić information content (AvgIpc) is 2.74. The van der Waals surface area contributed by atoms with Gasteiger partial charge in [0.1, 0.15) is 10.7 Å². The third-order valence-electron chi connectivity index (χ3n) is 5.11. The van der Waals surface area contributed by atoms with Gasteiger partial charge < -0.3 is 0 Å². The smallest absolute Gasteiger partial charge is 0.281 e. The summed E-state index contributed by atoms with van der Waals surface area (Å²) in [6, 6.07) is 5.79. The van der Waals surface area contributed by atoms with Gasteiger partial charge in [-0.15, -0.1) is 0 Å². The molecule has 0 fully saturated rings. The Kier molecular flexibility index (Phi) is 7.05. The van der Waals surface area contributed by atoms with E-state index in [1.807, 2.05) is 0 Å². The number of nitrogens with one attached hydrogen (secondary N) is 2. The molecule has 3 rings (SSSR count). The molecule has 2 aromatic carbocycles. The fourth-order valence-corrected chi connectivity index (χ4v) is 7.34. The fourth-order valence-electron chi connectivity index (χ4n) is 3.22. The predicted molar refractivity (Wildman–Crippen MR) is 122 cm³/mol. The first-order valence-corrected chi connectivity index (χ1v) is 15.6. The van der Waals surface area contributed by atoms with Gasteiger partial charge in [-0.05, 0) is 38.1 Å². The summed E-state index contributed by atoms with van der Waals surface area (Å²) in [6.45, 7) is 1.66. The molecule has 0 amide bonds. The number of hydrogen-bond acceptors (Lipinski definition) is 10. The molecule has 0 saturated carbocycles. The Labute approximate surface area is 206 Å². The molecule has 0 spiro atoms. The normalized spacial score (nSPS) is 16.2. The molecule has 2 unspecified atom stereocenters. The molecule has 0 aromatic heterocycles. The van der Waals surface area contributed by atoms with E-state index in [-0.39, 0.29) is 11.1 Å². The Morgan fingerprint density at radius 3 is 1.72 bits per heavy atom. The van der Waals surface area contributed by atoms with Crippen molar-refractivity contribution in [3.05, 3.63) is 58.7 Å². The molecule has 0 aliphatic heterocycles. The van der Waals surface area contributed by atoms with E-state index in [9.17, 15) is 43.3 Å². The van der Waals surface area contributed by atoms with Gasteiger partial charge in [0.15, 0.2) is 11.6 Å². The number of carbonyl (C=O) groups is 2. The molecule has 1 aliphatic carbocycles. The van der Waals surface area contributed by atoms with Gasteiger partial charge >= 0.3 is 0 Å². The number of carbonyl (C=O) groups excluding carboxylic acids is 2. The van der Waals surface area contributed by atoms with Gasteiger partial charge in [-0.25, -0.2) is 16.8 Å². The second-order valence-electron chi connectivity index (χ2n) is 7.60. The van der Waals surface area contributed by atoms with Crippen LogP contribution in [0.4, 0.5) is 0 Å². The maximum absolute atomic E-state index is 13.3. The van der Waals surface area contributed by atoms with Crippen molar-refractivity contribution >= 4 is 51.8 Å². The molecule has 2 atom stereocenters. The zero-order chi connectivity index (χ0) is 27.4. The van der Waals surface area contributed by atoms with Gasteiger partial charge in [0, 0.05) is 16.7 Å². The summed E-state index contributed by atoms with van der Waals surface area (Å²) in [5.74, 6) is -1.94. The zero-order valence-electron chi connectivity index (χ0n) is 18.2. The SMILES string of the molecule is CC(NS(=O)(=O)c1ccc2c(c1)C(=O)c1c(cccc1S(=O)(=O)NC(C)S(=O)(=O)O)C2=O)S(=O)(=O)O. The number of hydrogen-bond donors (Lipinski definition) is 4. The third kappa shape index (κ3) is 5.25. The lowest BCUT2D eigenvalue weighted by atomic mass is 9.84. The summed E-state index contributed by atoms with van der Waals surface area (Å²) in [6.07, 6.45) is 0. The van der Waals surface area contributed by atoms with Gasteiger partial charge in [0.25, 0.3) is 20.2 Å². The molecule has 0 heterocycles. The van der Waals surface area contributed by atoms with E-state index in [0.29, 0.717) is 0 Å². The van der Waals surface area contributed by atoms with Crippen LogP contribution in [-0.4, -0.2) is 65.1 Å². The topological polar surface area (TPSA) is 235 Å². The minimum absolute atomic E-state index is 0.275. The first-order chi connectivity index (χ1) is 16.3. The van der Waals surface area contributed by atoms with Crippen LogP contribution < -0.4 is 9.44 Å². The van der Waals surface area contributed by atoms with Crippen molar-refractivity contribution < 1.29 is 52.4 Å². The predicted octanol–water partition coefficient (Wildman–Crippen LogP) is -0.514.